The Kier molecular flexibility index (Phi) is 4.19. The van der Waals surface area contributed by atoms with Gasteiger partial charge in [-0.15, -0.1) is 0 Å². The molecule has 1 aliphatic heterocycles. The van der Waals surface area contributed by atoms with Crippen molar-refractivity contribution < 1.29 is 0 Å². The van der Waals surface area contributed by atoms with Gasteiger partial charge in [0.2, 0.25) is 0 Å². The molecule has 3 aromatic heterocycles. The number of hydrogen-bond acceptors (Lipinski definition) is 6. The zero-order valence-electron chi connectivity index (χ0n) is 14.2. The van der Waals surface area contributed by atoms with Crippen LogP contribution in [0.2, 0.25) is 0 Å². The molecule has 0 radical (unpaired) electrons. The Bertz CT molecular complexity index is 924. The van der Waals surface area contributed by atoms with E-state index in [-0.39, 0.29) is 5.56 Å². The Morgan fingerprint density at radius 1 is 1.04 bits per heavy atom. The second kappa shape index (κ2) is 6.64. The molecule has 0 aliphatic carbocycles. The molecule has 3 aromatic rings. The van der Waals surface area contributed by atoms with Crippen molar-refractivity contribution in [3.63, 3.8) is 0 Å². The van der Waals surface area contributed by atoms with Crippen LogP contribution in [0.15, 0.2) is 41.6 Å². The van der Waals surface area contributed by atoms with E-state index in [1.54, 1.807) is 29.2 Å². The summed E-state index contributed by atoms with van der Waals surface area (Å²) in [6, 6.07) is 5.32. The van der Waals surface area contributed by atoms with Crippen LogP contribution in [0, 0.1) is 6.92 Å². The summed E-state index contributed by atoms with van der Waals surface area (Å²) in [5, 5.41) is 8.56. The van der Waals surface area contributed by atoms with E-state index in [1.807, 2.05) is 23.7 Å². The average molecular weight is 339 g/mol. The summed E-state index contributed by atoms with van der Waals surface area (Å²) in [4.78, 5) is 21.0. The summed E-state index contributed by atoms with van der Waals surface area (Å²) in [6.45, 7) is 7.06. The van der Waals surface area contributed by atoms with Crippen molar-refractivity contribution >= 4 is 11.3 Å². The second-order valence-electron chi connectivity index (χ2n) is 6.28. The molecule has 0 aromatic carbocycles. The maximum Gasteiger partial charge on any atom is 0.266 e. The van der Waals surface area contributed by atoms with Crippen molar-refractivity contribution in [2.75, 3.05) is 37.6 Å². The number of piperazine rings is 1. The van der Waals surface area contributed by atoms with Crippen LogP contribution in [-0.2, 0) is 6.54 Å². The minimum Gasteiger partial charge on any atom is -0.352 e. The first-order valence-electron chi connectivity index (χ1n) is 8.51. The third-order valence-electron chi connectivity index (χ3n) is 4.60. The number of fused-ring (bicyclic) bond motifs is 1. The Labute approximate surface area is 145 Å². The quantitative estimate of drug-likeness (QED) is 0.686. The van der Waals surface area contributed by atoms with E-state index in [0.717, 1.165) is 49.8 Å². The minimum atomic E-state index is -0.0409. The van der Waals surface area contributed by atoms with Crippen molar-refractivity contribution in [1.82, 2.24) is 29.3 Å². The van der Waals surface area contributed by atoms with Crippen LogP contribution in [-0.4, -0.2) is 62.0 Å². The lowest BCUT2D eigenvalue weighted by molar-refractivity contribution is 0.242. The van der Waals surface area contributed by atoms with Gasteiger partial charge in [0.25, 0.3) is 5.56 Å². The third-order valence-corrected chi connectivity index (χ3v) is 4.60. The fourth-order valence-corrected chi connectivity index (χ4v) is 3.22. The largest absolute Gasteiger partial charge is 0.352 e. The standard InChI is InChI=1S/C17H21N7O/c1-14-2-3-16(25)24(20-14)13-10-21-8-11-22(12-9-21)17-15-4-5-19-23(15)7-6-18-17/h2-7H,8-13H2,1H3. The average Bonchev–Trinajstić information content (AvgIpc) is 3.12. The molecular weight excluding hydrogens is 318 g/mol. The van der Waals surface area contributed by atoms with Gasteiger partial charge in [-0.3, -0.25) is 9.69 Å². The molecular formula is C17H21N7O. The molecule has 1 saturated heterocycles. The summed E-state index contributed by atoms with van der Waals surface area (Å²) in [5.41, 5.74) is 1.86. The van der Waals surface area contributed by atoms with E-state index in [4.69, 9.17) is 0 Å². The summed E-state index contributed by atoms with van der Waals surface area (Å²) in [6.07, 6.45) is 5.45. The van der Waals surface area contributed by atoms with Crippen LogP contribution in [0.5, 0.6) is 0 Å². The topological polar surface area (TPSA) is 71.6 Å². The van der Waals surface area contributed by atoms with Gasteiger partial charge in [0, 0.05) is 51.2 Å². The smallest absolute Gasteiger partial charge is 0.266 e. The second-order valence-corrected chi connectivity index (χ2v) is 6.28. The zero-order chi connectivity index (χ0) is 17.2. The molecule has 8 nitrogen and oxygen atoms in total. The van der Waals surface area contributed by atoms with E-state index >= 15 is 0 Å². The Morgan fingerprint density at radius 2 is 1.88 bits per heavy atom. The lowest BCUT2D eigenvalue weighted by atomic mass is 10.3. The molecule has 1 fully saturated rings. The predicted molar refractivity (Wildman–Crippen MR) is 94.9 cm³/mol. The highest BCUT2D eigenvalue weighted by Crippen LogP contribution is 2.19. The molecule has 130 valence electrons. The molecule has 0 saturated carbocycles. The molecule has 0 spiro atoms. The highest BCUT2D eigenvalue weighted by molar-refractivity contribution is 5.68. The van der Waals surface area contributed by atoms with Crippen molar-refractivity contribution in [3.8, 4) is 0 Å². The van der Waals surface area contributed by atoms with Crippen molar-refractivity contribution in [1.29, 1.82) is 0 Å². The van der Waals surface area contributed by atoms with Crippen molar-refractivity contribution in [2.45, 2.75) is 13.5 Å². The number of nitrogens with zero attached hydrogens (tertiary/aromatic N) is 7. The third kappa shape index (κ3) is 3.25. The lowest BCUT2D eigenvalue weighted by Gasteiger charge is -2.35. The minimum absolute atomic E-state index is 0.0409. The SMILES string of the molecule is Cc1ccc(=O)n(CCN2CCN(c3nccn4nccc34)CC2)n1. The monoisotopic (exact) mass is 339 g/mol. The molecule has 25 heavy (non-hydrogen) atoms. The van der Waals surface area contributed by atoms with Gasteiger partial charge in [0.05, 0.1) is 18.4 Å². The van der Waals surface area contributed by atoms with E-state index in [2.05, 4.69) is 25.0 Å². The molecule has 1 aliphatic rings. The lowest BCUT2D eigenvalue weighted by Crippen LogP contribution is -2.48. The fourth-order valence-electron chi connectivity index (χ4n) is 3.22. The Balaban J connectivity index is 1.38. The van der Waals surface area contributed by atoms with Gasteiger partial charge in [0.15, 0.2) is 5.82 Å². The predicted octanol–water partition coefficient (Wildman–Crippen LogP) is 0.417. The van der Waals surface area contributed by atoms with Gasteiger partial charge in [-0.25, -0.2) is 14.2 Å². The Hall–Kier alpha value is -2.74. The molecule has 0 unspecified atom stereocenters. The van der Waals surface area contributed by atoms with Gasteiger partial charge in [-0.2, -0.15) is 10.2 Å². The van der Waals surface area contributed by atoms with Crippen LogP contribution in [0.4, 0.5) is 5.82 Å². The van der Waals surface area contributed by atoms with Gasteiger partial charge >= 0.3 is 0 Å². The number of anilines is 1. The van der Waals surface area contributed by atoms with Crippen LogP contribution in [0.1, 0.15) is 5.69 Å². The fraction of sp³-hybridized carbons (Fsp3) is 0.412. The number of aromatic nitrogens is 5. The summed E-state index contributed by atoms with van der Waals surface area (Å²) >= 11 is 0. The van der Waals surface area contributed by atoms with E-state index < -0.39 is 0 Å². The molecule has 0 N–H and O–H groups in total. The first kappa shape index (κ1) is 15.8. The number of aryl methyl sites for hydroxylation is 1. The zero-order valence-corrected chi connectivity index (χ0v) is 14.2. The molecule has 4 heterocycles. The summed E-state index contributed by atoms with van der Waals surface area (Å²) in [7, 11) is 0. The van der Waals surface area contributed by atoms with E-state index in [0.29, 0.717) is 6.54 Å². The van der Waals surface area contributed by atoms with Gasteiger partial charge in [-0.1, -0.05) is 0 Å². The molecule has 0 amide bonds. The molecule has 0 atom stereocenters. The van der Waals surface area contributed by atoms with Crippen LogP contribution in [0.25, 0.3) is 5.52 Å². The first-order valence-corrected chi connectivity index (χ1v) is 8.51. The van der Waals surface area contributed by atoms with Crippen LogP contribution in [0.3, 0.4) is 0 Å². The molecule has 8 heteroatoms. The van der Waals surface area contributed by atoms with Gasteiger partial charge in [0.1, 0.15) is 5.52 Å². The number of rotatable bonds is 4. The maximum absolute atomic E-state index is 11.8. The number of hydrogen-bond donors (Lipinski definition) is 0. The maximum atomic E-state index is 11.8. The highest BCUT2D eigenvalue weighted by atomic mass is 16.1. The molecule has 4 rings (SSSR count). The molecule has 0 bridgehead atoms. The van der Waals surface area contributed by atoms with E-state index in [9.17, 15) is 4.79 Å². The first-order chi connectivity index (χ1) is 12.2. The van der Waals surface area contributed by atoms with E-state index in [1.165, 1.54) is 0 Å². The van der Waals surface area contributed by atoms with Gasteiger partial charge < -0.3 is 4.90 Å². The van der Waals surface area contributed by atoms with Crippen LogP contribution < -0.4 is 10.5 Å². The Morgan fingerprint density at radius 3 is 2.72 bits per heavy atom. The summed E-state index contributed by atoms with van der Waals surface area (Å²) in [5.74, 6) is 0.983. The van der Waals surface area contributed by atoms with Crippen molar-refractivity contribution in [2.24, 2.45) is 0 Å². The normalized spacial score (nSPS) is 15.8. The van der Waals surface area contributed by atoms with Crippen molar-refractivity contribution in [3.05, 3.63) is 52.8 Å². The van der Waals surface area contributed by atoms with Crippen LogP contribution >= 0.6 is 0 Å². The summed E-state index contributed by atoms with van der Waals surface area (Å²) < 4.78 is 3.40. The highest BCUT2D eigenvalue weighted by Gasteiger charge is 2.20. The van der Waals surface area contributed by atoms with Gasteiger partial charge in [-0.05, 0) is 19.1 Å².